The van der Waals surface area contributed by atoms with E-state index in [1.54, 1.807) is 19.5 Å². The fourth-order valence-corrected chi connectivity index (χ4v) is 2.93. The Morgan fingerprint density at radius 1 is 1.07 bits per heavy atom. The fraction of sp³-hybridized carbons (Fsp3) is 0.316. The smallest absolute Gasteiger partial charge is 0.313 e. The molecule has 0 bridgehead atoms. The van der Waals surface area contributed by atoms with Crippen molar-refractivity contribution in [1.29, 1.82) is 0 Å². The monoisotopic (exact) mass is 365 g/mol. The van der Waals surface area contributed by atoms with Crippen LogP contribution in [0, 0.1) is 12.8 Å². The Hall–Kier alpha value is -3.29. The molecule has 0 amide bonds. The Morgan fingerprint density at radius 2 is 1.89 bits per heavy atom. The van der Waals surface area contributed by atoms with Crippen LogP contribution in [0.4, 0.5) is 0 Å². The summed E-state index contributed by atoms with van der Waals surface area (Å²) < 4.78 is 11.1. The summed E-state index contributed by atoms with van der Waals surface area (Å²) in [6, 6.07) is 3.65. The van der Waals surface area contributed by atoms with Gasteiger partial charge in [-0.05, 0) is 25.5 Å². The van der Waals surface area contributed by atoms with Crippen LogP contribution in [0.3, 0.4) is 0 Å². The van der Waals surface area contributed by atoms with E-state index in [9.17, 15) is 5.11 Å². The maximum Gasteiger partial charge on any atom is 0.313 e. The molecule has 0 aliphatic heterocycles. The molecular formula is C19H19N5O3. The van der Waals surface area contributed by atoms with E-state index in [1.165, 1.54) is 12.4 Å². The molecule has 3 aromatic heterocycles. The van der Waals surface area contributed by atoms with Crippen LogP contribution in [0.2, 0.25) is 0 Å². The van der Waals surface area contributed by atoms with E-state index >= 15 is 0 Å². The number of aromatic nitrogens is 5. The highest BCUT2D eigenvalue weighted by atomic mass is 16.5. The number of methoxy groups -OCH3 is 1. The van der Waals surface area contributed by atoms with Crippen molar-refractivity contribution in [3.8, 4) is 28.8 Å². The molecule has 3 aromatic rings. The average molecular weight is 365 g/mol. The number of aromatic hydroxyl groups is 1. The number of rotatable bonds is 6. The van der Waals surface area contributed by atoms with E-state index in [-0.39, 0.29) is 6.01 Å². The fourth-order valence-electron chi connectivity index (χ4n) is 2.93. The molecule has 8 heteroatoms. The van der Waals surface area contributed by atoms with Crippen LogP contribution in [0.5, 0.6) is 17.6 Å². The van der Waals surface area contributed by atoms with E-state index in [1.807, 2.05) is 19.1 Å². The zero-order valence-corrected chi connectivity index (χ0v) is 15.0. The minimum Gasteiger partial charge on any atom is -0.495 e. The summed E-state index contributed by atoms with van der Waals surface area (Å²) in [6.07, 6.45) is 7.49. The quantitative estimate of drug-likeness (QED) is 0.711. The highest BCUT2D eigenvalue weighted by Crippen LogP contribution is 2.47. The first-order chi connectivity index (χ1) is 13.1. The summed E-state index contributed by atoms with van der Waals surface area (Å²) in [4.78, 5) is 20.7. The van der Waals surface area contributed by atoms with E-state index < -0.39 is 0 Å². The lowest BCUT2D eigenvalue weighted by atomic mass is 10.2. The molecule has 1 aliphatic carbocycles. The van der Waals surface area contributed by atoms with Crippen molar-refractivity contribution in [1.82, 2.24) is 24.9 Å². The summed E-state index contributed by atoms with van der Waals surface area (Å²) in [5.74, 6) is 2.65. The second-order valence-electron chi connectivity index (χ2n) is 6.44. The van der Waals surface area contributed by atoms with E-state index in [0.29, 0.717) is 41.3 Å². The number of nitrogens with zero attached hydrogens (tertiary/aromatic N) is 5. The highest BCUT2D eigenvalue weighted by molar-refractivity contribution is 5.66. The Morgan fingerprint density at radius 3 is 2.59 bits per heavy atom. The topological polar surface area (TPSA) is 103 Å². The molecule has 1 aliphatic rings. The van der Waals surface area contributed by atoms with Crippen molar-refractivity contribution < 1.29 is 14.6 Å². The molecule has 27 heavy (non-hydrogen) atoms. The van der Waals surface area contributed by atoms with E-state index in [2.05, 4.69) is 24.9 Å². The Balaban J connectivity index is 1.45. The van der Waals surface area contributed by atoms with Crippen molar-refractivity contribution in [3.05, 3.63) is 48.4 Å². The Labute approximate surface area is 156 Å². The third-order valence-electron chi connectivity index (χ3n) is 4.55. The van der Waals surface area contributed by atoms with Gasteiger partial charge in [-0.3, -0.25) is 4.98 Å². The predicted molar refractivity (Wildman–Crippen MR) is 96.6 cm³/mol. The lowest BCUT2D eigenvalue weighted by molar-refractivity contribution is 0.285. The third kappa shape index (κ3) is 3.79. The van der Waals surface area contributed by atoms with Crippen LogP contribution in [0.1, 0.15) is 23.9 Å². The first-order valence-corrected chi connectivity index (χ1v) is 8.62. The average Bonchev–Trinajstić information content (AvgIpc) is 3.47. The molecule has 3 heterocycles. The van der Waals surface area contributed by atoms with Gasteiger partial charge in [0.15, 0.2) is 0 Å². The summed E-state index contributed by atoms with van der Waals surface area (Å²) in [5.41, 5.74) is 2.43. The molecule has 1 fully saturated rings. The van der Waals surface area contributed by atoms with Gasteiger partial charge in [0.2, 0.25) is 5.88 Å². The van der Waals surface area contributed by atoms with Crippen LogP contribution < -0.4 is 9.47 Å². The van der Waals surface area contributed by atoms with E-state index in [4.69, 9.17) is 9.47 Å². The third-order valence-corrected chi connectivity index (χ3v) is 4.55. The van der Waals surface area contributed by atoms with Crippen molar-refractivity contribution in [3.63, 3.8) is 0 Å². The maximum atomic E-state index is 9.27. The van der Waals surface area contributed by atoms with Gasteiger partial charge < -0.3 is 14.6 Å². The highest BCUT2D eigenvalue weighted by Gasteiger charge is 2.40. The molecule has 8 nitrogen and oxygen atoms in total. The number of aryl methyl sites for hydroxylation is 1. The molecule has 1 N–H and O–H groups in total. The van der Waals surface area contributed by atoms with Gasteiger partial charge in [0.05, 0.1) is 25.5 Å². The summed E-state index contributed by atoms with van der Waals surface area (Å²) in [6.45, 7) is 2.35. The molecule has 0 saturated heterocycles. The molecule has 0 spiro atoms. The molecular weight excluding hydrogens is 346 g/mol. The van der Waals surface area contributed by atoms with Gasteiger partial charge in [-0.15, -0.1) is 0 Å². The standard InChI is InChI=1S/C19H19N5O3/c1-11-20-9-16(13-6-22-19(25)23-7-13)18(24-11)27-10-12-5-15(12)17-4-3-14(26-2)8-21-17/h3-4,6-9,12,15H,5,10H2,1-2H3,(H,22,23,25)/t12-,15+/m1/s1. The number of hydrogen-bond acceptors (Lipinski definition) is 8. The van der Waals surface area contributed by atoms with Gasteiger partial charge in [-0.1, -0.05) is 0 Å². The number of ether oxygens (including phenoxy) is 2. The van der Waals surface area contributed by atoms with Gasteiger partial charge in [-0.25, -0.2) is 15.0 Å². The lowest BCUT2D eigenvalue weighted by Gasteiger charge is -2.10. The SMILES string of the molecule is COc1ccc([C@H]2C[C@@H]2COc2nc(C)ncc2-c2cnc(O)nc2)nc1. The summed E-state index contributed by atoms with van der Waals surface area (Å²) in [5, 5.41) is 9.27. The molecule has 1 saturated carbocycles. The molecule has 138 valence electrons. The summed E-state index contributed by atoms with van der Waals surface area (Å²) >= 11 is 0. The van der Waals surface area contributed by atoms with Gasteiger partial charge in [0, 0.05) is 41.7 Å². The Bertz CT molecular complexity index is 931. The van der Waals surface area contributed by atoms with Crippen LogP contribution in [0.25, 0.3) is 11.1 Å². The molecule has 4 rings (SSSR count). The second-order valence-corrected chi connectivity index (χ2v) is 6.44. The number of hydrogen-bond donors (Lipinski definition) is 1. The first kappa shape index (κ1) is 17.1. The van der Waals surface area contributed by atoms with Crippen LogP contribution in [-0.2, 0) is 0 Å². The zero-order chi connectivity index (χ0) is 18.8. The minimum atomic E-state index is -0.276. The molecule has 0 unspecified atom stereocenters. The zero-order valence-electron chi connectivity index (χ0n) is 15.0. The van der Waals surface area contributed by atoms with Gasteiger partial charge in [0.25, 0.3) is 0 Å². The second kappa shape index (κ2) is 7.14. The van der Waals surface area contributed by atoms with Gasteiger partial charge in [-0.2, -0.15) is 4.98 Å². The predicted octanol–water partition coefficient (Wildman–Crippen LogP) is 2.53. The largest absolute Gasteiger partial charge is 0.495 e. The Kier molecular flexibility index (Phi) is 4.53. The molecule has 2 atom stereocenters. The summed E-state index contributed by atoms with van der Waals surface area (Å²) in [7, 11) is 1.63. The molecule has 0 radical (unpaired) electrons. The van der Waals surface area contributed by atoms with Gasteiger partial charge in [0.1, 0.15) is 11.6 Å². The van der Waals surface area contributed by atoms with E-state index in [0.717, 1.165) is 17.9 Å². The van der Waals surface area contributed by atoms with Crippen molar-refractivity contribution in [2.75, 3.05) is 13.7 Å². The van der Waals surface area contributed by atoms with Crippen molar-refractivity contribution >= 4 is 0 Å². The number of pyridine rings is 1. The first-order valence-electron chi connectivity index (χ1n) is 8.62. The van der Waals surface area contributed by atoms with Crippen molar-refractivity contribution in [2.24, 2.45) is 5.92 Å². The van der Waals surface area contributed by atoms with Crippen molar-refractivity contribution in [2.45, 2.75) is 19.3 Å². The minimum absolute atomic E-state index is 0.276. The van der Waals surface area contributed by atoms with Crippen LogP contribution in [0.15, 0.2) is 36.9 Å². The van der Waals surface area contributed by atoms with Crippen LogP contribution in [-0.4, -0.2) is 43.7 Å². The van der Waals surface area contributed by atoms with Gasteiger partial charge >= 0.3 is 6.01 Å². The maximum absolute atomic E-state index is 9.27. The molecule has 0 aromatic carbocycles. The lowest BCUT2D eigenvalue weighted by Crippen LogP contribution is -2.06. The normalized spacial score (nSPS) is 18.1. The van der Waals surface area contributed by atoms with Crippen LogP contribution >= 0.6 is 0 Å².